The van der Waals surface area contributed by atoms with Gasteiger partial charge in [0.05, 0.1) is 13.2 Å². The van der Waals surface area contributed by atoms with Crippen molar-refractivity contribution in [1.29, 1.82) is 0 Å². The predicted octanol–water partition coefficient (Wildman–Crippen LogP) is 2.51. The number of morpholine rings is 1. The van der Waals surface area contributed by atoms with Crippen LogP contribution in [-0.2, 0) is 11.2 Å². The summed E-state index contributed by atoms with van der Waals surface area (Å²) in [6.07, 6.45) is 0.841. The fourth-order valence-corrected chi connectivity index (χ4v) is 2.85. The first-order valence-electron chi connectivity index (χ1n) is 9.24. The molecule has 1 heterocycles. The van der Waals surface area contributed by atoms with E-state index >= 15 is 0 Å². The zero-order valence-electron chi connectivity index (χ0n) is 15.8. The zero-order valence-corrected chi connectivity index (χ0v) is 18.2. The van der Waals surface area contributed by atoms with Crippen LogP contribution < -0.4 is 10.6 Å². The van der Waals surface area contributed by atoms with Crippen LogP contribution in [-0.4, -0.2) is 63.3 Å². The molecule has 26 heavy (non-hydrogen) atoms. The molecule has 5 nitrogen and oxygen atoms in total. The second-order valence-corrected chi connectivity index (χ2v) is 6.54. The van der Waals surface area contributed by atoms with Gasteiger partial charge in [-0.05, 0) is 37.0 Å². The third-order valence-corrected chi connectivity index (χ3v) is 4.20. The highest BCUT2D eigenvalue weighted by Crippen LogP contribution is 2.04. The monoisotopic (exact) mass is 478 g/mol. The number of benzene rings is 1. The summed E-state index contributed by atoms with van der Waals surface area (Å²) in [5.41, 5.74) is 1.12. The van der Waals surface area contributed by atoms with Gasteiger partial charge in [0.1, 0.15) is 5.82 Å². The lowest BCUT2D eigenvalue weighted by molar-refractivity contribution is 0.0323. The van der Waals surface area contributed by atoms with E-state index in [-0.39, 0.29) is 29.8 Å². The molecule has 1 saturated heterocycles. The fraction of sp³-hybridized carbons (Fsp3) is 0.632. The van der Waals surface area contributed by atoms with E-state index in [1.807, 2.05) is 12.1 Å². The van der Waals surface area contributed by atoms with Gasteiger partial charge in [-0.2, -0.15) is 0 Å². The Labute approximate surface area is 173 Å². The average molecular weight is 478 g/mol. The van der Waals surface area contributed by atoms with Crippen molar-refractivity contribution in [2.75, 3.05) is 52.5 Å². The quantitative estimate of drug-likeness (QED) is 0.343. The van der Waals surface area contributed by atoms with Crippen LogP contribution in [0.3, 0.4) is 0 Å². The van der Waals surface area contributed by atoms with Crippen molar-refractivity contribution in [3.63, 3.8) is 0 Å². The fourth-order valence-electron chi connectivity index (χ4n) is 2.85. The largest absolute Gasteiger partial charge is 0.379 e. The van der Waals surface area contributed by atoms with Crippen molar-refractivity contribution in [1.82, 2.24) is 15.5 Å². The smallest absolute Gasteiger partial charge is 0.191 e. The van der Waals surface area contributed by atoms with E-state index in [1.54, 1.807) is 0 Å². The Balaban J connectivity index is 0.00000338. The minimum atomic E-state index is -0.194. The molecule has 2 rings (SSSR count). The predicted molar refractivity (Wildman–Crippen MR) is 116 cm³/mol. The molecule has 1 aromatic carbocycles. The summed E-state index contributed by atoms with van der Waals surface area (Å²) in [4.78, 5) is 7.14. The minimum absolute atomic E-state index is 0. The Hall–Kier alpha value is -0.930. The number of rotatable bonds is 8. The minimum Gasteiger partial charge on any atom is -0.379 e. The molecule has 1 unspecified atom stereocenters. The van der Waals surface area contributed by atoms with Crippen LogP contribution in [0.15, 0.2) is 29.3 Å². The van der Waals surface area contributed by atoms with E-state index < -0.39 is 0 Å². The molecule has 0 aromatic heterocycles. The van der Waals surface area contributed by atoms with Crippen LogP contribution in [0, 0.1) is 11.7 Å². The van der Waals surface area contributed by atoms with Crippen LogP contribution in [0.4, 0.5) is 4.39 Å². The molecule has 1 fully saturated rings. The van der Waals surface area contributed by atoms with Crippen LogP contribution in [0.5, 0.6) is 0 Å². The van der Waals surface area contributed by atoms with Crippen molar-refractivity contribution in [3.8, 4) is 0 Å². The highest BCUT2D eigenvalue weighted by atomic mass is 127. The summed E-state index contributed by atoms with van der Waals surface area (Å²) in [5, 5.41) is 6.64. The standard InChI is InChI=1S/C19H31FN4O.HI/c1-3-21-19(22-9-8-17-4-6-18(20)7-5-17)23-14-16(2)15-24-10-12-25-13-11-24;/h4-7,16H,3,8-15H2,1-2H3,(H2,21,22,23);1H. The van der Waals surface area contributed by atoms with E-state index in [1.165, 1.54) is 12.1 Å². The number of aliphatic imine (C=N–C) groups is 1. The number of guanidine groups is 1. The molecule has 7 heteroatoms. The summed E-state index contributed by atoms with van der Waals surface area (Å²) in [7, 11) is 0. The Morgan fingerprint density at radius 1 is 1.23 bits per heavy atom. The Morgan fingerprint density at radius 2 is 1.92 bits per heavy atom. The topological polar surface area (TPSA) is 48.9 Å². The third kappa shape index (κ3) is 9.14. The van der Waals surface area contributed by atoms with Crippen molar-refractivity contribution in [3.05, 3.63) is 35.6 Å². The lowest BCUT2D eigenvalue weighted by Gasteiger charge is -2.28. The van der Waals surface area contributed by atoms with Crippen molar-refractivity contribution in [2.45, 2.75) is 20.3 Å². The van der Waals surface area contributed by atoms with Crippen LogP contribution in [0.25, 0.3) is 0 Å². The summed E-state index contributed by atoms with van der Waals surface area (Å²) >= 11 is 0. The number of hydrogen-bond acceptors (Lipinski definition) is 3. The molecule has 1 aliphatic heterocycles. The Kier molecular flexibility index (Phi) is 11.8. The number of hydrogen-bond donors (Lipinski definition) is 2. The third-order valence-electron chi connectivity index (χ3n) is 4.20. The second-order valence-electron chi connectivity index (χ2n) is 6.54. The van der Waals surface area contributed by atoms with Gasteiger partial charge >= 0.3 is 0 Å². The van der Waals surface area contributed by atoms with Crippen LogP contribution in [0.1, 0.15) is 19.4 Å². The van der Waals surface area contributed by atoms with Gasteiger partial charge in [0, 0.05) is 39.3 Å². The summed E-state index contributed by atoms with van der Waals surface area (Å²) in [6, 6.07) is 6.65. The molecule has 2 N–H and O–H groups in total. The molecule has 148 valence electrons. The number of ether oxygens (including phenoxy) is 1. The van der Waals surface area contributed by atoms with Crippen molar-refractivity contribution in [2.24, 2.45) is 10.9 Å². The molecular formula is C19H32FIN4O. The van der Waals surface area contributed by atoms with Crippen LogP contribution in [0.2, 0.25) is 0 Å². The van der Waals surface area contributed by atoms with Gasteiger partial charge in [0.15, 0.2) is 5.96 Å². The van der Waals surface area contributed by atoms with Gasteiger partial charge in [-0.1, -0.05) is 19.1 Å². The number of nitrogens with zero attached hydrogens (tertiary/aromatic N) is 2. The normalized spacial score (nSPS) is 16.7. The molecule has 1 aromatic rings. The Morgan fingerprint density at radius 3 is 2.58 bits per heavy atom. The zero-order chi connectivity index (χ0) is 17.9. The molecule has 1 aliphatic rings. The van der Waals surface area contributed by atoms with E-state index in [9.17, 15) is 4.39 Å². The van der Waals surface area contributed by atoms with Crippen LogP contribution >= 0.6 is 24.0 Å². The maximum absolute atomic E-state index is 12.9. The van der Waals surface area contributed by atoms with Crippen molar-refractivity contribution < 1.29 is 9.13 Å². The van der Waals surface area contributed by atoms with Crippen molar-refractivity contribution >= 4 is 29.9 Å². The van der Waals surface area contributed by atoms with Gasteiger partial charge in [0.25, 0.3) is 0 Å². The highest BCUT2D eigenvalue weighted by molar-refractivity contribution is 14.0. The maximum atomic E-state index is 12.9. The molecule has 0 radical (unpaired) electrons. The van der Waals surface area contributed by atoms with Gasteiger partial charge in [-0.3, -0.25) is 9.89 Å². The van der Waals surface area contributed by atoms with E-state index in [0.29, 0.717) is 5.92 Å². The first-order valence-corrected chi connectivity index (χ1v) is 9.24. The summed E-state index contributed by atoms with van der Waals surface area (Å²) in [6.45, 7) is 11.5. The molecule has 0 saturated carbocycles. The van der Waals surface area contributed by atoms with E-state index in [0.717, 1.165) is 70.4 Å². The number of nitrogens with one attached hydrogen (secondary N) is 2. The molecule has 0 aliphatic carbocycles. The maximum Gasteiger partial charge on any atom is 0.191 e. The lowest BCUT2D eigenvalue weighted by atomic mass is 10.1. The number of halogens is 2. The second kappa shape index (κ2) is 13.3. The van der Waals surface area contributed by atoms with Gasteiger partial charge in [-0.25, -0.2) is 4.39 Å². The molecular weight excluding hydrogens is 446 g/mol. The summed E-state index contributed by atoms with van der Waals surface area (Å²) < 4.78 is 18.3. The molecule has 1 atom stereocenters. The first kappa shape index (κ1) is 23.1. The SMILES string of the molecule is CCNC(=NCC(C)CN1CCOCC1)NCCc1ccc(F)cc1.I. The van der Waals surface area contributed by atoms with Gasteiger partial charge in [-0.15, -0.1) is 24.0 Å². The molecule has 0 bridgehead atoms. The molecule has 0 amide bonds. The van der Waals surface area contributed by atoms with Gasteiger partial charge < -0.3 is 15.4 Å². The van der Waals surface area contributed by atoms with Gasteiger partial charge in [0.2, 0.25) is 0 Å². The lowest BCUT2D eigenvalue weighted by Crippen LogP contribution is -2.40. The highest BCUT2D eigenvalue weighted by Gasteiger charge is 2.13. The Bertz CT molecular complexity index is 521. The first-order chi connectivity index (χ1) is 12.2. The van der Waals surface area contributed by atoms with E-state index in [2.05, 4.69) is 29.4 Å². The molecule has 0 spiro atoms. The average Bonchev–Trinajstić information content (AvgIpc) is 2.62. The summed E-state index contributed by atoms with van der Waals surface area (Å²) in [5.74, 6) is 1.16. The van der Waals surface area contributed by atoms with E-state index in [4.69, 9.17) is 9.73 Å².